The topological polar surface area (TPSA) is 79.6 Å². The Balaban J connectivity index is 1.35. The predicted octanol–water partition coefficient (Wildman–Crippen LogP) is 3.47. The number of carbonyl (C=O) groups excluding carboxylic acids is 2. The van der Waals surface area contributed by atoms with Gasteiger partial charge in [-0.25, -0.2) is 13.9 Å². The fraction of sp³-hybridized carbons (Fsp3) is 0.333. The van der Waals surface area contributed by atoms with Gasteiger partial charge in [0.2, 0.25) is 5.91 Å². The summed E-state index contributed by atoms with van der Waals surface area (Å²) in [6.07, 6.45) is 7.56. The Kier molecular flexibility index (Phi) is 5.67. The SMILES string of the molecule is CN(c1ccc(F)cc1Cl)C(=O)[C@H]1CC[C@H](NC(=O)c2cnn3cccnc23)CC1. The molecule has 30 heavy (non-hydrogen) atoms. The van der Waals surface area contributed by atoms with Crippen molar-refractivity contribution >= 4 is 34.7 Å². The van der Waals surface area contributed by atoms with E-state index in [0.717, 1.165) is 0 Å². The molecule has 1 aliphatic carbocycles. The summed E-state index contributed by atoms with van der Waals surface area (Å²) in [4.78, 5) is 31.2. The lowest BCUT2D eigenvalue weighted by Gasteiger charge is -2.31. The molecule has 2 heterocycles. The Morgan fingerprint density at radius 1 is 1.27 bits per heavy atom. The molecule has 1 fully saturated rings. The van der Waals surface area contributed by atoms with Crippen LogP contribution in [0.2, 0.25) is 5.02 Å². The minimum Gasteiger partial charge on any atom is -0.349 e. The monoisotopic (exact) mass is 429 g/mol. The number of halogens is 2. The van der Waals surface area contributed by atoms with Crippen LogP contribution in [-0.4, -0.2) is 39.5 Å². The first kappa shape index (κ1) is 20.3. The molecular weight excluding hydrogens is 409 g/mol. The number of rotatable bonds is 4. The van der Waals surface area contributed by atoms with Crippen LogP contribution >= 0.6 is 11.6 Å². The van der Waals surface area contributed by atoms with Crippen molar-refractivity contribution in [3.05, 3.63) is 59.3 Å². The highest BCUT2D eigenvalue weighted by atomic mass is 35.5. The third kappa shape index (κ3) is 4.00. The van der Waals surface area contributed by atoms with Crippen LogP contribution in [0.3, 0.4) is 0 Å². The van der Waals surface area contributed by atoms with Crippen LogP contribution in [0.4, 0.5) is 10.1 Å². The molecule has 0 aliphatic heterocycles. The Labute approximate surface area is 177 Å². The fourth-order valence-corrected chi connectivity index (χ4v) is 4.18. The van der Waals surface area contributed by atoms with E-state index in [1.165, 1.54) is 29.3 Å². The molecule has 3 aromatic rings. The molecule has 9 heteroatoms. The highest BCUT2D eigenvalue weighted by Gasteiger charge is 2.30. The fourth-order valence-electron chi connectivity index (χ4n) is 3.88. The van der Waals surface area contributed by atoms with E-state index in [1.807, 2.05) is 0 Å². The highest BCUT2D eigenvalue weighted by Crippen LogP contribution is 2.31. The van der Waals surface area contributed by atoms with Crippen molar-refractivity contribution in [2.24, 2.45) is 5.92 Å². The first-order valence-electron chi connectivity index (χ1n) is 9.76. The molecule has 1 saturated carbocycles. The van der Waals surface area contributed by atoms with E-state index >= 15 is 0 Å². The van der Waals surface area contributed by atoms with Gasteiger partial charge < -0.3 is 10.2 Å². The quantitative estimate of drug-likeness (QED) is 0.688. The summed E-state index contributed by atoms with van der Waals surface area (Å²) in [5.41, 5.74) is 1.43. The van der Waals surface area contributed by atoms with E-state index in [2.05, 4.69) is 15.4 Å². The second-order valence-corrected chi connectivity index (χ2v) is 7.87. The third-order valence-corrected chi connectivity index (χ3v) is 5.84. The lowest BCUT2D eigenvalue weighted by atomic mass is 9.85. The maximum absolute atomic E-state index is 13.3. The molecule has 1 N–H and O–H groups in total. The Morgan fingerprint density at radius 3 is 2.77 bits per heavy atom. The molecule has 4 rings (SSSR count). The van der Waals surface area contributed by atoms with Crippen molar-refractivity contribution in [2.75, 3.05) is 11.9 Å². The van der Waals surface area contributed by atoms with Gasteiger partial charge in [-0.2, -0.15) is 5.10 Å². The summed E-state index contributed by atoms with van der Waals surface area (Å²) < 4.78 is 14.8. The average Bonchev–Trinajstić information content (AvgIpc) is 3.18. The number of hydrogen-bond acceptors (Lipinski definition) is 4. The number of amides is 2. The van der Waals surface area contributed by atoms with Crippen LogP contribution in [0.5, 0.6) is 0 Å². The second kappa shape index (κ2) is 8.39. The summed E-state index contributed by atoms with van der Waals surface area (Å²) in [6, 6.07) is 5.72. The summed E-state index contributed by atoms with van der Waals surface area (Å²) in [6.45, 7) is 0. The van der Waals surface area contributed by atoms with E-state index < -0.39 is 5.82 Å². The Hall–Kier alpha value is -3.00. The van der Waals surface area contributed by atoms with Crippen LogP contribution in [0, 0.1) is 11.7 Å². The average molecular weight is 430 g/mol. The number of nitrogens with zero attached hydrogens (tertiary/aromatic N) is 4. The summed E-state index contributed by atoms with van der Waals surface area (Å²) >= 11 is 6.08. The zero-order valence-electron chi connectivity index (χ0n) is 16.4. The Morgan fingerprint density at radius 2 is 2.03 bits per heavy atom. The number of fused-ring (bicyclic) bond motifs is 1. The molecule has 0 atom stereocenters. The van der Waals surface area contributed by atoms with E-state index in [-0.39, 0.29) is 28.8 Å². The molecule has 0 saturated heterocycles. The number of aromatic nitrogens is 3. The third-order valence-electron chi connectivity index (χ3n) is 5.54. The molecule has 1 aliphatic rings. The number of carbonyl (C=O) groups is 2. The molecule has 1 aromatic carbocycles. The minimum absolute atomic E-state index is 0.0140. The summed E-state index contributed by atoms with van der Waals surface area (Å²) in [5.74, 6) is -0.876. The van der Waals surface area contributed by atoms with Crippen LogP contribution in [0.15, 0.2) is 42.9 Å². The van der Waals surface area contributed by atoms with Crippen molar-refractivity contribution in [3.63, 3.8) is 0 Å². The highest BCUT2D eigenvalue weighted by molar-refractivity contribution is 6.33. The van der Waals surface area contributed by atoms with Gasteiger partial charge in [-0.3, -0.25) is 9.59 Å². The number of benzene rings is 1. The molecule has 0 bridgehead atoms. The van der Waals surface area contributed by atoms with Gasteiger partial charge in [-0.05, 0) is 49.9 Å². The molecule has 2 aromatic heterocycles. The van der Waals surface area contributed by atoms with Crippen LogP contribution in [0.1, 0.15) is 36.0 Å². The summed E-state index contributed by atoms with van der Waals surface area (Å²) in [7, 11) is 1.65. The smallest absolute Gasteiger partial charge is 0.256 e. The number of anilines is 1. The Bertz CT molecular complexity index is 1090. The lowest BCUT2D eigenvalue weighted by Crippen LogP contribution is -2.41. The zero-order valence-corrected chi connectivity index (χ0v) is 17.1. The van der Waals surface area contributed by atoms with Crippen molar-refractivity contribution in [2.45, 2.75) is 31.7 Å². The maximum Gasteiger partial charge on any atom is 0.256 e. The van der Waals surface area contributed by atoms with Crippen molar-refractivity contribution in [1.82, 2.24) is 19.9 Å². The zero-order chi connectivity index (χ0) is 21.3. The van der Waals surface area contributed by atoms with Gasteiger partial charge in [0.05, 0.1) is 16.9 Å². The largest absolute Gasteiger partial charge is 0.349 e. The van der Waals surface area contributed by atoms with E-state index in [0.29, 0.717) is 42.6 Å². The normalized spacial score (nSPS) is 18.9. The molecule has 2 amide bonds. The molecule has 7 nitrogen and oxygen atoms in total. The van der Waals surface area contributed by atoms with Gasteiger partial charge >= 0.3 is 0 Å². The molecule has 0 unspecified atom stereocenters. The van der Waals surface area contributed by atoms with Gasteiger partial charge in [0.15, 0.2) is 5.65 Å². The van der Waals surface area contributed by atoms with Crippen molar-refractivity contribution in [3.8, 4) is 0 Å². The second-order valence-electron chi connectivity index (χ2n) is 7.46. The van der Waals surface area contributed by atoms with E-state index in [1.54, 1.807) is 30.0 Å². The van der Waals surface area contributed by atoms with Crippen LogP contribution in [-0.2, 0) is 4.79 Å². The van der Waals surface area contributed by atoms with Gasteiger partial charge in [0, 0.05) is 31.4 Å². The number of nitrogens with one attached hydrogen (secondary N) is 1. The maximum atomic E-state index is 13.3. The molecule has 156 valence electrons. The van der Waals surface area contributed by atoms with Crippen molar-refractivity contribution in [1.29, 1.82) is 0 Å². The van der Waals surface area contributed by atoms with E-state index in [9.17, 15) is 14.0 Å². The predicted molar refractivity (Wildman–Crippen MR) is 111 cm³/mol. The number of hydrogen-bond donors (Lipinski definition) is 1. The molecule has 0 spiro atoms. The van der Waals surface area contributed by atoms with Gasteiger partial charge in [-0.15, -0.1) is 0 Å². The lowest BCUT2D eigenvalue weighted by molar-refractivity contribution is -0.123. The standard InChI is InChI=1S/C21H21ClFN5O2/c1-27(18-8-5-14(23)11-17(18)22)21(30)13-3-6-15(7-4-13)26-20(29)16-12-25-28-10-2-9-24-19(16)28/h2,5,8-13,15H,3-4,6-7H2,1H3,(H,26,29)/t13-,15-. The molecular formula is C21H21ClFN5O2. The van der Waals surface area contributed by atoms with Crippen LogP contribution < -0.4 is 10.2 Å². The first-order chi connectivity index (χ1) is 14.4. The molecule has 0 radical (unpaired) electrons. The van der Waals surface area contributed by atoms with Gasteiger partial charge in [0.1, 0.15) is 11.4 Å². The van der Waals surface area contributed by atoms with Gasteiger partial charge in [0.25, 0.3) is 5.91 Å². The summed E-state index contributed by atoms with van der Waals surface area (Å²) in [5, 5.41) is 7.37. The van der Waals surface area contributed by atoms with Crippen LogP contribution in [0.25, 0.3) is 5.65 Å². The first-order valence-corrected chi connectivity index (χ1v) is 10.1. The van der Waals surface area contributed by atoms with Crippen molar-refractivity contribution < 1.29 is 14.0 Å². The van der Waals surface area contributed by atoms with Gasteiger partial charge in [-0.1, -0.05) is 11.6 Å². The van der Waals surface area contributed by atoms with E-state index in [4.69, 9.17) is 11.6 Å². The minimum atomic E-state index is -0.442.